The zero-order valence-corrected chi connectivity index (χ0v) is 13.3. The SMILES string of the molecule is NC(Cc1ccc(Br)cc1)Cc1ccc(Cl)c(Cl)c1. The van der Waals surface area contributed by atoms with Gasteiger partial charge in [-0.05, 0) is 48.2 Å². The molecule has 0 aliphatic heterocycles. The van der Waals surface area contributed by atoms with Gasteiger partial charge in [-0.25, -0.2) is 0 Å². The smallest absolute Gasteiger partial charge is 0.0595 e. The minimum absolute atomic E-state index is 0.0680. The number of benzene rings is 2. The van der Waals surface area contributed by atoms with Crippen LogP contribution in [0.25, 0.3) is 0 Å². The van der Waals surface area contributed by atoms with E-state index >= 15 is 0 Å². The van der Waals surface area contributed by atoms with Crippen molar-refractivity contribution in [2.24, 2.45) is 5.73 Å². The Bertz CT molecular complexity index is 555. The van der Waals surface area contributed by atoms with Gasteiger partial charge in [-0.3, -0.25) is 0 Å². The second-order valence-electron chi connectivity index (χ2n) is 4.54. The molecule has 2 aromatic rings. The number of hydrogen-bond donors (Lipinski definition) is 1. The number of hydrogen-bond acceptors (Lipinski definition) is 1. The van der Waals surface area contributed by atoms with Gasteiger partial charge in [-0.2, -0.15) is 0 Å². The zero-order valence-electron chi connectivity index (χ0n) is 10.2. The maximum Gasteiger partial charge on any atom is 0.0595 e. The van der Waals surface area contributed by atoms with E-state index in [0.717, 1.165) is 22.9 Å². The Labute approximate surface area is 131 Å². The van der Waals surface area contributed by atoms with Crippen LogP contribution in [0.5, 0.6) is 0 Å². The van der Waals surface area contributed by atoms with Crippen LogP contribution in [0.3, 0.4) is 0 Å². The first-order valence-corrected chi connectivity index (χ1v) is 7.53. The van der Waals surface area contributed by atoms with Crippen LogP contribution < -0.4 is 5.73 Å². The Morgan fingerprint density at radius 2 is 1.47 bits per heavy atom. The molecular weight excluding hydrogens is 345 g/mol. The van der Waals surface area contributed by atoms with Crippen molar-refractivity contribution in [3.63, 3.8) is 0 Å². The lowest BCUT2D eigenvalue weighted by Crippen LogP contribution is -2.25. The van der Waals surface area contributed by atoms with Crippen LogP contribution in [-0.4, -0.2) is 6.04 Å². The molecule has 2 rings (SSSR count). The molecule has 0 fully saturated rings. The van der Waals surface area contributed by atoms with E-state index in [1.165, 1.54) is 5.56 Å². The van der Waals surface area contributed by atoms with Gasteiger partial charge in [0, 0.05) is 10.5 Å². The Balaban J connectivity index is 1.98. The number of nitrogens with two attached hydrogens (primary N) is 1. The summed E-state index contributed by atoms with van der Waals surface area (Å²) in [6.07, 6.45) is 1.63. The molecule has 4 heteroatoms. The number of halogens is 3. The molecule has 0 spiro atoms. The van der Waals surface area contributed by atoms with E-state index in [-0.39, 0.29) is 6.04 Å². The summed E-state index contributed by atoms with van der Waals surface area (Å²) in [5.74, 6) is 0. The van der Waals surface area contributed by atoms with Crippen LogP contribution in [0.2, 0.25) is 10.0 Å². The van der Waals surface area contributed by atoms with Crippen molar-refractivity contribution < 1.29 is 0 Å². The largest absolute Gasteiger partial charge is 0.327 e. The van der Waals surface area contributed by atoms with E-state index in [2.05, 4.69) is 28.1 Å². The predicted molar refractivity (Wildman–Crippen MR) is 86.0 cm³/mol. The van der Waals surface area contributed by atoms with Crippen molar-refractivity contribution in [3.05, 3.63) is 68.1 Å². The fraction of sp³-hybridized carbons (Fsp3) is 0.200. The van der Waals surface area contributed by atoms with Gasteiger partial charge < -0.3 is 5.73 Å². The molecule has 0 saturated heterocycles. The van der Waals surface area contributed by atoms with Gasteiger partial charge in [-0.1, -0.05) is 57.3 Å². The molecule has 0 heterocycles. The third-order valence-corrected chi connectivity index (χ3v) is 4.16. The maximum absolute atomic E-state index is 6.18. The average Bonchev–Trinajstić information content (AvgIpc) is 2.37. The van der Waals surface area contributed by atoms with E-state index in [0.29, 0.717) is 10.0 Å². The van der Waals surface area contributed by atoms with E-state index in [1.54, 1.807) is 0 Å². The molecule has 1 unspecified atom stereocenters. The van der Waals surface area contributed by atoms with Crippen molar-refractivity contribution in [2.75, 3.05) is 0 Å². The minimum Gasteiger partial charge on any atom is -0.327 e. The van der Waals surface area contributed by atoms with Crippen molar-refractivity contribution in [1.29, 1.82) is 0 Å². The summed E-state index contributed by atoms with van der Waals surface area (Å²) in [5, 5.41) is 1.15. The minimum atomic E-state index is 0.0680. The van der Waals surface area contributed by atoms with E-state index in [4.69, 9.17) is 28.9 Å². The highest BCUT2D eigenvalue weighted by molar-refractivity contribution is 9.10. The summed E-state index contributed by atoms with van der Waals surface area (Å²) >= 11 is 15.3. The summed E-state index contributed by atoms with van der Waals surface area (Å²) in [5.41, 5.74) is 8.52. The molecule has 0 saturated carbocycles. The van der Waals surface area contributed by atoms with Crippen molar-refractivity contribution in [2.45, 2.75) is 18.9 Å². The lowest BCUT2D eigenvalue weighted by atomic mass is 10.00. The third-order valence-electron chi connectivity index (χ3n) is 2.89. The molecule has 0 bridgehead atoms. The van der Waals surface area contributed by atoms with E-state index in [1.807, 2.05) is 30.3 Å². The van der Waals surface area contributed by atoms with Crippen LogP contribution in [0, 0.1) is 0 Å². The highest BCUT2D eigenvalue weighted by atomic mass is 79.9. The van der Waals surface area contributed by atoms with Gasteiger partial charge in [-0.15, -0.1) is 0 Å². The van der Waals surface area contributed by atoms with Gasteiger partial charge in [0.25, 0.3) is 0 Å². The maximum atomic E-state index is 6.18. The normalized spacial score (nSPS) is 12.4. The second-order valence-corrected chi connectivity index (χ2v) is 6.27. The summed E-state index contributed by atoms with van der Waals surface area (Å²) in [7, 11) is 0. The second kappa shape index (κ2) is 6.76. The zero-order chi connectivity index (χ0) is 13.8. The van der Waals surface area contributed by atoms with Crippen molar-refractivity contribution in [3.8, 4) is 0 Å². The molecule has 1 atom stereocenters. The van der Waals surface area contributed by atoms with Crippen LogP contribution >= 0.6 is 39.1 Å². The molecule has 2 N–H and O–H groups in total. The molecule has 19 heavy (non-hydrogen) atoms. The van der Waals surface area contributed by atoms with E-state index < -0.39 is 0 Å². The third kappa shape index (κ3) is 4.50. The van der Waals surface area contributed by atoms with Crippen molar-refractivity contribution >= 4 is 39.1 Å². The summed E-state index contributed by atoms with van der Waals surface area (Å²) in [6.45, 7) is 0. The lowest BCUT2D eigenvalue weighted by molar-refractivity contribution is 0.665. The van der Waals surface area contributed by atoms with Gasteiger partial charge in [0.05, 0.1) is 10.0 Å². The Hall–Kier alpha value is -0.540. The van der Waals surface area contributed by atoms with E-state index in [9.17, 15) is 0 Å². The molecule has 100 valence electrons. The predicted octanol–water partition coefficient (Wildman–Crippen LogP) is 4.87. The van der Waals surface area contributed by atoms with Crippen LogP contribution in [-0.2, 0) is 12.8 Å². The highest BCUT2D eigenvalue weighted by Gasteiger charge is 2.07. The van der Waals surface area contributed by atoms with Crippen LogP contribution in [0.15, 0.2) is 46.9 Å². The molecule has 0 aliphatic rings. The quantitative estimate of drug-likeness (QED) is 0.828. The topological polar surface area (TPSA) is 26.0 Å². The fourth-order valence-corrected chi connectivity index (χ4v) is 2.55. The van der Waals surface area contributed by atoms with Crippen LogP contribution in [0.1, 0.15) is 11.1 Å². The first-order valence-electron chi connectivity index (χ1n) is 5.98. The molecule has 0 aromatic heterocycles. The van der Waals surface area contributed by atoms with Gasteiger partial charge in [0.15, 0.2) is 0 Å². The number of rotatable bonds is 4. The lowest BCUT2D eigenvalue weighted by Gasteiger charge is -2.12. The molecule has 2 aromatic carbocycles. The molecule has 0 radical (unpaired) electrons. The highest BCUT2D eigenvalue weighted by Crippen LogP contribution is 2.23. The molecular formula is C15H14BrCl2N. The van der Waals surface area contributed by atoms with Gasteiger partial charge in [0.1, 0.15) is 0 Å². The summed E-state index contributed by atoms with van der Waals surface area (Å²) in [6, 6.07) is 13.9. The van der Waals surface area contributed by atoms with Gasteiger partial charge in [0.2, 0.25) is 0 Å². The molecule has 1 nitrogen and oxygen atoms in total. The average molecular weight is 359 g/mol. The first kappa shape index (κ1) is 14.9. The van der Waals surface area contributed by atoms with Crippen LogP contribution in [0.4, 0.5) is 0 Å². The van der Waals surface area contributed by atoms with Crippen molar-refractivity contribution in [1.82, 2.24) is 0 Å². The first-order chi connectivity index (χ1) is 9.04. The summed E-state index contributed by atoms with van der Waals surface area (Å²) in [4.78, 5) is 0. The fourth-order valence-electron chi connectivity index (χ4n) is 1.96. The van der Waals surface area contributed by atoms with Gasteiger partial charge >= 0.3 is 0 Å². The Morgan fingerprint density at radius 3 is 2.11 bits per heavy atom. The molecule has 0 aliphatic carbocycles. The molecule has 0 amide bonds. The Kier molecular flexibility index (Phi) is 5.28. The summed E-state index contributed by atoms with van der Waals surface area (Å²) < 4.78 is 1.08. The standard InChI is InChI=1S/C15H14BrCl2N/c16-12-4-1-10(2-5-12)7-13(19)8-11-3-6-14(17)15(18)9-11/h1-6,9,13H,7-8,19H2. The Morgan fingerprint density at radius 1 is 0.895 bits per heavy atom. The monoisotopic (exact) mass is 357 g/mol.